The van der Waals surface area contributed by atoms with E-state index < -0.39 is 64.4 Å². The van der Waals surface area contributed by atoms with Gasteiger partial charge in [-0.2, -0.15) is 0 Å². The number of aliphatic hydroxyl groups is 1. The number of carbonyl (C=O) groups excluding carboxylic acids is 5. The summed E-state index contributed by atoms with van der Waals surface area (Å²) >= 11 is 0. The molecule has 0 bridgehead atoms. The number of hydrogen-bond donors (Lipinski definition) is 3. The van der Waals surface area contributed by atoms with Crippen molar-refractivity contribution in [3.8, 4) is 5.75 Å². The minimum absolute atomic E-state index is 0.00482. The first-order valence-electron chi connectivity index (χ1n) is 12.9. The molecule has 0 heterocycles. The molecule has 2 fully saturated rings. The van der Waals surface area contributed by atoms with Crippen LogP contribution in [-0.4, -0.2) is 102 Å². The average Bonchev–Trinajstić information content (AvgIpc) is 2.82. The van der Waals surface area contributed by atoms with Crippen molar-refractivity contribution in [2.24, 2.45) is 29.4 Å². The van der Waals surface area contributed by atoms with Gasteiger partial charge in [0.2, 0.25) is 5.91 Å². The van der Waals surface area contributed by atoms with Gasteiger partial charge in [0, 0.05) is 44.4 Å². The average molecular weight is 541 g/mol. The van der Waals surface area contributed by atoms with Crippen molar-refractivity contribution < 1.29 is 34.2 Å². The number of aromatic hydroxyl groups is 1. The first kappa shape index (κ1) is 28.6. The molecule has 2 saturated carbocycles. The molecule has 0 aromatic heterocycles. The van der Waals surface area contributed by atoms with Crippen LogP contribution in [0.1, 0.15) is 27.9 Å². The van der Waals surface area contributed by atoms with Crippen LogP contribution in [0.3, 0.4) is 0 Å². The lowest BCUT2D eigenvalue weighted by molar-refractivity contribution is -0.181. The van der Waals surface area contributed by atoms with Crippen molar-refractivity contribution >= 4 is 34.7 Å². The van der Waals surface area contributed by atoms with Gasteiger partial charge in [0.05, 0.1) is 17.5 Å². The molecule has 0 aliphatic heterocycles. The number of anilines is 1. The molecule has 1 aromatic rings. The number of hydrogen-bond acceptors (Lipinski definition) is 10. The highest BCUT2D eigenvalue weighted by molar-refractivity contribution is 6.32. The molecule has 3 aliphatic carbocycles. The van der Waals surface area contributed by atoms with Crippen LogP contribution < -0.4 is 10.6 Å². The minimum Gasteiger partial charge on any atom is -0.507 e. The predicted molar refractivity (Wildman–Crippen MR) is 142 cm³/mol. The Hall–Kier alpha value is -3.41. The summed E-state index contributed by atoms with van der Waals surface area (Å²) in [6, 6.07) is 0.687. The molecule has 11 nitrogen and oxygen atoms in total. The van der Waals surface area contributed by atoms with Crippen molar-refractivity contribution in [2.75, 3.05) is 46.7 Å². The fraction of sp³-hybridized carbons (Fsp3) is 0.536. The van der Waals surface area contributed by atoms with Crippen LogP contribution in [-0.2, 0) is 32.1 Å². The Kier molecular flexibility index (Phi) is 7.30. The second kappa shape index (κ2) is 9.96. The topological polar surface area (TPSA) is 162 Å². The van der Waals surface area contributed by atoms with Gasteiger partial charge in [-0.05, 0) is 51.5 Å². The quantitative estimate of drug-likeness (QED) is 0.305. The van der Waals surface area contributed by atoms with Gasteiger partial charge in [-0.1, -0.05) is 6.08 Å². The molecule has 11 heteroatoms. The number of primary amides is 1. The molecule has 0 saturated heterocycles. The number of nitrogens with two attached hydrogens (primary N) is 1. The molecule has 1 amide bonds. The zero-order chi connectivity index (χ0) is 29.1. The third-order valence-electron chi connectivity index (χ3n) is 8.48. The Morgan fingerprint density at radius 2 is 1.79 bits per heavy atom. The van der Waals surface area contributed by atoms with Gasteiger partial charge >= 0.3 is 0 Å². The van der Waals surface area contributed by atoms with E-state index in [-0.39, 0.29) is 24.2 Å². The lowest BCUT2D eigenvalue weighted by atomic mass is 9.52. The third kappa shape index (κ3) is 4.19. The molecule has 2 unspecified atom stereocenters. The smallest absolute Gasteiger partial charge is 0.235 e. The molecular weight excluding hydrogens is 504 g/mol. The highest BCUT2D eigenvalue weighted by atomic mass is 16.3. The number of nitrogens with zero attached hydrogens (tertiary/aromatic N) is 3. The van der Waals surface area contributed by atoms with E-state index in [2.05, 4.69) is 6.58 Å². The maximum Gasteiger partial charge on any atom is 0.235 e. The zero-order valence-electron chi connectivity index (χ0n) is 22.9. The molecule has 0 radical (unpaired) electrons. The fourth-order valence-corrected chi connectivity index (χ4v) is 6.80. The normalized spacial score (nSPS) is 30.2. The van der Waals surface area contributed by atoms with E-state index in [9.17, 15) is 34.2 Å². The number of rotatable bonds is 7. The van der Waals surface area contributed by atoms with E-state index >= 15 is 0 Å². The first-order chi connectivity index (χ1) is 18.2. The van der Waals surface area contributed by atoms with Gasteiger partial charge in [0.25, 0.3) is 0 Å². The Labute approximate surface area is 227 Å². The van der Waals surface area contributed by atoms with Crippen molar-refractivity contribution in [2.45, 2.75) is 31.0 Å². The van der Waals surface area contributed by atoms with Gasteiger partial charge in [-0.15, -0.1) is 6.58 Å². The SMILES string of the molecule is C=CCN(C)Cc1cc(N(C)C)c2c(c1O)C(=O)C1C(=O)[C@@]3(O)C(=O)C(C(N)=O)C(=O)[C@H](N(C)C)[C@H]3C[C@H]1C2. The van der Waals surface area contributed by atoms with Crippen molar-refractivity contribution in [3.05, 3.63) is 35.4 Å². The maximum absolute atomic E-state index is 14.0. The number of amides is 1. The summed E-state index contributed by atoms with van der Waals surface area (Å²) in [6.07, 6.45) is 1.94. The van der Waals surface area contributed by atoms with Crippen LogP contribution in [0.5, 0.6) is 5.75 Å². The van der Waals surface area contributed by atoms with Gasteiger partial charge < -0.3 is 20.8 Å². The number of phenolic OH excluding ortho intramolecular Hbond substituents is 1. The van der Waals surface area contributed by atoms with Crippen molar-refractivity contribution in [3.63, 3.8) is 0 Å². The largest absolute Gasteiger partial charge is 0.507 e. The molecule has 1 aromatic carbocycles. The van der Waals surface area contributed by atoms with Crippen LogP contribution in [0.15, 0.2) is 18.7 Å². The summed E-state index contributed by atoms with van der Waals surface area (Å²) in [5.41, 5.74) is 4.38. The second-order valence-electron chi connectivity index (χ2n) is 11.4. The van der Waals surface area contributed by atoms with E-state index in [0.29, 0.717) is 29.9 Å². The Morgan fingerprint density at radius 1 is 1.15 bits per heavy atom. The molecule has 210 valence electrons. The molecule has 39 heavy (non-hydrogen) atoms. The Bertz CT molecular complexity index is 1290. The van der Waals surface area contributed by atoms with E-state index in [4.69, 9.17) is 5.73 Å². The van der Waals surface area contributed by atoms with Gasteiger partial charge in [-0.3, -0.25) is 33.8 Å². The third-order valence-corrected chi connectivity index (χ3v) is 8.48. The number of fused-ring (bicyclic) bond motifs is 3. The Balaban J connectivity index is 1.87. The number of Topliss-reactive ketones (excluding diaryl/α,β-unsaturated/α-hetero) is 4. The standard InChI is InChI=1S/C28H36N4O7/c1-7-8-32(6)12-14-11-17(30(2)3)15-9-13-10-16-21(31(4)5)24(35)20(27(29)38)26(37)28(16,39)25(36)18(13)23(34)19(15)22(14)33/h7,11,13,16,18,20-21,33,39H,1,8-10,12H2,2-6H3,(H2,29,38)/t13-,16-,18?,20?,21-,28-/m1/s1. The van der Waals surface area contributed by atoms with Gasteiger partial charge in [0.15, 0.2) is 34.7 Å². The van der Waals surface area contributed by atoms with Crippen LogP contribution in [0, 0.1) is 23.7 Å². The maximum atomic E-state index is 14.0. The van der Waals surface area contributed by atoms with E-state index in [0.717, 1.165) is 0 Å². The molecule has 3 aliphatic rings. The summed E-state index contributed by atoms with van der Waals surface area (Å²) in [5, 5.41) is 23.0. The van der Waals surface area contributed by atoms with Crippen LogP contribution in [0.2, 0.25) is 0 Å². The van der Waals surface area contributed by atoms with Crippen LogP contribution in [0.25, 0.3) is 0 Å². The lowest BCUT2D eigenvalue weighted by Crippen LogP contribution is -2.74. The molecule has 4 N–H and O–H groups in total. The van der Waals surface area contributed by atoms with Crippen LogP contribution >= 0.6 is 0 Å². The predicted octanol–water partition coefficient (Wildman–Crippen LogP) is -0.449. The number of benzene rings is 1. The van der Waals surface area contributed by atoms with Crippen LogP contribution in [0.4, 0.5) is 5.69 Å². The molecule has 0 spiro atoms. The zero-order valence-corrected chi connectivity index (χ0v) is 22.9. The van der Waals surface area contributed by atoms with E-state index in [1.165, 1.54) is 4.90 Å². The minimum atomic E-state index is -2.74. The van der Waals surface area contributed by atoms with Gasteiger partial charge in [0.1, 0.15) is 5.75 Å². The summed E-state index contributed by atoms with van der Waals surface area (Å²) in [6.45, 7) is 4.56. The van der Waals surface area contributed by atoms with Crippen molar-refractivity contribution in [1.29, 1.82) is 0 Å². The van der Waals surface area contributed by atoms with E-state index in [1.807, 2.05) is 37.0 Å². The van der Waals surface area contributed by atoms with E-state index in [1.54, 1.807) is 20.2 Å². The first-order valence-corrected chi connectivity index (χ1v) is 12.9. The van der Waals surface area contributed by atoms with Gasteiger partial charge in [-0.25, -0.2) is 0 Å². The summed E-state index contributed by atoms with van der Waals surface area (Å²) in [5.74, 6) is -10.5. The molecule has 4 rings (SSSR count). The monoisotopic (exact) mass is 540 g/mol. The number of likely N-dealkylation sites (N-methyl/N-ethyl adjacent to an activating group) is 2. The highest BCUT2D eigenvalue weighted by Crippen LogP contribution is 2.52. The second-order valence-corrected chi connectivity index (χ2v) is 11.4. The number of carbonyl (C=O) groups is 5. The fourth-order valence-electron chi connectivity index (χ4n) is 6.80. The lowest BCUT2D eigenvalue weighted by Gasteiger charge is -2.52. The van der Waals surface area contributed by atoms with Crippen molar-refractivity contribution in [1.82, 2.24) is 9.80 Å². The summed E-state index contributed by atoms with van der Waals surface area (Å²) < 4.78 is 0. The summed E-state index contributed by atoms with van der Waals surface area (Å²) in [4.78, 5) is 71.9. The Morgan fingerprint density at radius 3 is 2.33 bits per heavy atom. The molecular formula is C28H36N4O7. The molecule has 6 atom stereocenters. The highest BCUT2D eigenvalue weighted by Gasteiger charge is 2.69. The summed E-state index contributed by atoms with van der Waals surface area (Å²) in [7, 11) is 8.58. The number of phenols is 1. The number of ketones is 4.